The molecule has 0 aliphatic carbocycles. The molecule has 0 saturated heterocycles. The normalized spacial score (nSPS) is 11.0. The Balaban J connectivity index is 1.67. The standard InChI is InChI=1S/C16H25N5/c1-14(2)21-16(18-13-19-21)12-17-10-7-11-20(3)15-8-5-4-6-9-15/h4-6,8-9,13-14,17H,7,10-12H2,1-3H3. The third-order valence-corrected chi connectivity index (χ3v) is 3.46. The van der Waals surface area contributed by atoms with Gasteiger partial charge in [0.05, 0.1) is 6.54 Å². The van der Waals surface area contributed by atoms with Crippen LogP contribution >= 0.6 is 0 Å². The SMILES string of the molecule is CC(C)n1ncnc1CNCCCN(C)c1ccccc1. The smallest absolute Gasteiger partial charge is 0.141 e. The molecular weight excluding hydrogens is 262 g/mol. The van der Waals surface area contributed by atoms with Gasteiger partial charge >= 0.3 is 0 Å². The fraction of sp³-hybridized carbons (Fsp3) is 0.500. The van der Waals surface area contributed by atoms with Gasteiger partial charge in [0, 0.05) is 25.3 Å². The Hall–Kier alpha value is -1.88. The molecule has 21 heavy (non-hydrogen) atoms. The number of nitrogens with zero attached hydrogens (tertiary/aromatic N) is 4. The van der Waals surface area contributed by atoms with Gasteiger partial charge in [-0.05, 0) is 38.9 Å². The van der Waals surface area contributed by atoms with E-state index in [1.165, 1.54) is 5.69 Å². The Morgan fingerprint density at radius 2 is 2.00 bits per heavy atom. The van der Waals surface area contributed by atoms with Crippen molar-refractivity contribution in [1.29, 1.82) is 0 Å². The molecule has 0 radical (unpaired) electrons. The molecule has 0 bridgehead atoms. The highest BCUT2D eigenvalue weighted by Crippen LogP contribution is 2.10. The molecule has 5 heteroatoms. The molecule has 2 rings (SSSR count). The zero-order chi connectivity index (χ0) is 15.1. The lowest BCUT2D eigenvalue weighted by atomic mass is 10.3. The molecular formula is C16H25N5. The molecule has 114 valence electrons. The summed E-state index contributed by atoms with van der Waals surface area (Å²) in [6.45, 7) is 7.02. The summed E-state index contributed by atoms with van der Waals surface area (Å²) in [7, 11) is 2.13. The fourth-order valence-corrected chi connectivity index (χ4v) is 2.28. The van der Waals surface area contributed by atoms with Crippen molar-refractivity contribution in [2.75, 3.05) is 25.0 Å². The number of anilines is 1. The van der Waals surface area contributed by atoms with Crippen molar-refractivity contribution >= 4 is 5.69 Å². The Kier molecular flexibility index (Phi) is 5.75. The van der Waals surface area contributed by atoms with E-state index in [1.54, 1.807) is 6.33 Å². The minimum atomic E-state index is 0.355. The van der Waals surface area contributed by atoms with E-state index in [0.717, 1.165) is 31.9 Å². The van der Waals surface area contributed by atoms with Crippen LogP contribution in [-0.4, -0.2) is 34.9 Å². The maximum absolute atomic E-state index is 4.30. The van der Waals surface area contributed by atoms with Gasteiger partial charge in [0.1, 0.15) is 12.2 Å². The quantitative estimate of drug-likeness (QED) is 0.758. The maximum Gasteiger partial charge on any atom is 0.141 e. The van der Waals surface area contributed by atoms with E-state index >= 15 is 0 Å². The van der Waals surface area contributed by atoms with Gasteiger partial charge in [0.25, 0.3) is 0 Å². The second-order valence-corrected chi connectivity index (χ2v) is 5.50. The average Bonchev–Trinajstić information content (AvgIpc) is 2.96. The van der Waals surface area contributed by atoms with Crippen LogP contribution in [0.2, 0.25) is 0 Å². The molecule has 0 unspecified atom stereocenters. The topological polar surface area (TPSA) is 46.0 Å². The van der Waals surface area contributed by atoms with E-state index in [2.05, 4.69) is 65.5 Å². The van der Waals surface area contributed by atoms with Crippen molar-refractivity contribution in [2.45, 2.75) is 32.9 Å². The minimum absolute atomic E-state index is 0.355. The highest BCUT2D eigenvalue weighted by Gasteiger charge is 2.06. The molecule has 0 spiro atoms. The van der Waals surface area contributed by atoms with Crippen LogP contribution in [0.4, 0.5) is 5.69 Å². The van der Waals surface area contributed by atoms with Gasteiger partial charge < -0.3 is 10.2 Å². The fourth-order valence-electron chi connectivity index (χ4n) is 2.28. The summed E-state index contributed by atoms with van der Waals surface area (Å²) in [5, 5.41) is 7.68. The first kappa shape index (κ1) is 15.5. The third-order valence-electron chi connectivity index (χ3n) is 3.46. The summed E-state index contributed by atoms with van der Waals surface area (Å²) in [5.41, 5.74) is 1.26. The molecule has 5 nitrogen and oxygen atoms in total. The first-order valence-corrected chi connectivity index (χ1v) is 7.53. The molecule has 0 fully saturated rings. The monoisotopic (exact) mass is 287 g/mol. The van der Waals surface area contributed by atoms with E-state index < -0.39 is 0 Å². The second-order valence-electron chi connectivity index (χ2n) is 5.50. The van der Waals surface area contributed by atoms with E-state index in [0.29, 0.717) is 6.04 Å². The molecule has 0 aliphatic rings. The number of rotatable bonds is 8. The zero-order valence-corrected chi connectivity index (χ0v) is 13.2. The van der Waals surface area contributed by atoms with Gasteiger partial charge in [-0.15, -0.1) is 0 Å². The Bertz CT molecular complexity index is 520. The van der Waals surface area contributed by atoms with Crippen LogP contribution in [0.25, 0.3) is 0 Å². The van der Waals surface area contributed by atoms with Crippen molar-refractivity contribution in [3.05, 3.63) is 42.5 Å². The lowest BCUT2D eigenvalue weighted by molar-refractivity contribution is 0.489. The van der Waals surface area contributed by atoms with Crippen molar-refractivity contribution in [1.82, 2.24) is 20.1 Å². The van der Waals surface area contributed by atoms with Gasteiger partial charge in [0.15, 0.2) is 0 Å². The number of benzene rings is 1. The summed E-state index contributed by atoms with van der Waals surface area (Å²) in [4.78, 5) is 6.57. The van der Waals surface area contributed by atoms with Crippen LogP contribution in [0.5, 0.6) is 0 Å². The van der Waals surface area contributed by atoms with Gasteiger partial charge in [-0.25, -0.2) is 9.67 Å². The predicted octanol–water partition coefficient (Wildman–Crippen LogP) is 2.48. The number of hydrogen-bond acceptors (Lipinski definition) is 4. The third kappa shape index (κ3) is 4.56. The molecule has 2 aromatic rings. The summed E-state index contributed by atoms with van der Waals surface area (Å²) < 4.78 is 1.96. The Morgan fingerprint density at radius 1 is 1.24 bits per heavy atom. The molecule has 0 aliphatic heterocycles. The second kappa shape index (κ2) is 7.78. The lowest BCUT2D eigenvalue weighted by Crippen LogP contribution is -2.24. The molecule has 1 aromatic heterocycles. The van der Waals surface area contributed by atoms with Gasteiger partial charge in [-0.2, -0.15) is 5.10 Å². The number of nitrogens with one attached hydrogen (secondary N) is 1. The average molecular weight is 287 g/mol. The van der Waals surface area contributed by atoms with E-state index in [1.807, 2.05) is 10.7 Å². The minimum Gasteiger partial charge on any atom is -0.375 e. The number of para-hydroxylation sites is 1. The summed E-state index contributed by atoms with van der Waals surface area (Å²) in [5.74, 6) is 1.00. The van der Waals surface area contributed by atoms with Crippen LogP contribution in [0.15, 0.2) is 36.7 Å². The molecule has 1 aromatic carbocycles. The molecule has 0 amide bonds. The summed E-state index contributed by atoms with van der Waals surface area (Å²) >= 11 is 0. The molecule has 1 N–H and O–H groups in total. The molecule has 0 saturated carbocycles. The Morgan fingerprint density at radius 3 is 2.71 bits per heavy atom. The molecule has 0 atom stereocenters. The number of hydrogen-bond donors (Lipinski definition) is 1. The maximum atomic E-state index is 4.30. The van der Waals surface area contributed by atoms with Crippen LogP contribution < -0.4 is 10.2 Å². The summed E-state index contributed by atoms with van der Waals surface area (Å²) in [6, 6.07) is 10.8. The van der Waals surface area contributed by atoms with Gasteiger partial charge in [0.2, 0.25) is 0 Å². The van der Waals surface area contributed by atoms with Gasteiger partial charge in [-0.1, -0.05) is 18.2 Å². The van der Waals surface area contributed by atoms with Crippen molar-refractivity contribution < 1.29 is 0 Å². The predicted molar refractivity (Wildman–Crippen MR) is 86.4 cm³/mol. The largest absolute Gasteiger partial charge is 0.375 e. The highest BCUT2D eigenvalue weighted by atomic mass is 15.3. The lowest BCUT2D eigenvalue weighted by Gasteiger charge is -2.19. The van der Waals surface area contributed by atoms with Gasteiger partial charge in [-0.3, -0.25) is 0 Å². The molecule has 1 heterocycles. The Labute approximate surface area is 127 Å². The number of aromatic nitrogens is 3. The highest BCUT2D eigenvalue weighted by molar-refractivity contribution is 5.44. The zero-order valence-electron chi connectivity index (χ0n) is 13.2. The first-order chi connectivity index (χ1) is 10.2. The van der Waals surface area contributed by atoms with Crippen LogP contribution in [0, 0.1) is 0 Å². The van der Waals surface area contributed by atoms with E-state index in [4.69, 9.17) is 0 Å². The van der Waals surface area contributed by atoms with Crippen molar-refractivity contribution in [3.63, 3.8) is 0 Å². The van der Waals surface area contributed by atoms with E-state index in [9.17, 15) is 0 Å². The summed E-state index contributed by atoms with van der Waals surface area (Å²) in [6.07, 6.45) is 2.72. The van der Waals surface area contributed by atoms with Crippen molar-refractivity contribution in [3.8, 4) is 0 Å². The first-order valence-electron chi connectivity index (χ1n) is 7.53. The van der Waals surface area contributed by atoms with Crippen molar-refractivity contribution in [2.24, 2.45) is 0 Å². The van der Waals surface area contributed by atoms with Crippen LogP contribution in [0.1, 0.15) is 32.1 Å². The van der Waals surface area contributed by atoms with Crippen LogP contribution in [-0.2, 0) is 6.54 Å². The van der Waals surface area contributed by atoms with E-state index in [-0.39, 0.29) is 0 Å². The van der Waals surface area contributed by atoms with Crippen LogP contribution in [0.3, 0.4) is 0 Å².